The summed E-state index contributed by atoms with van der Waals surface area (Å²) in [6, 6.07) is 24.4. The van der Waals surface area contributed by atoms with Crippen LogP contribution in [0.1, 0.15) is 61.3 Å². The third kappa shape index (κ3) is 7.19. The normalized spacial score (nSPS) is 24.4. The molecule has 2 aliphatic rings. The first-order valence-electron chi connectivity index (χ1n) is 15.1. The molecule has 224 valence electrons. The predicted octanol–water partition coefficient (Wildman–Crippen LogP) is 4.91. The van der Waals surface area contributed by atoms with Gasteiger partial charge in [0.1, 0.15) is 0 Å². The minimum atomic E-state index is -0.537. The summed E-state index contributed by atoms with van der Waals surface area (Å²) in [6.45, 7) is 6.99. The van der Waals surface area contributed by atoms with E-state index in [9.17, 15) is 15.0 Å². The summed E-state index contributed by atoms with van der Waals surface area (Å²) in [5.74, 6) is 0.0937. The molecule has 5 atom stereocenters. The van der Waals surface area contributed by atoms with Crippen molar-refractivity contribution in [3.05, 3.63) is 95.1 Å². The average molecular weight is 574 g/mol. The fourth-order valence-electron chi connectivity index (χ4n) is 6.00. The highest BCUT2D eigenvalue weighted by molar-refractivity contribution is 5.73. The van der Waals surface area contributed by atoms with Gasteiger partial charge < -0.3 is 30.3 Å². The Bertz CT molecular complexity index is 1300. The monoisotopic (exact) mass is 573 g/mol. The number of carbonyl (C=O) groups is 1. The minimum Gasteiger partial charge on any atom is -0.395 e. The van der Waals surface area contributed by atoms with E-state index in [1.165, 1.54) is 0 Å². The van der Waals surface area contributed by atoms with Gasteiger partial charge in [0, 0.05) is 37.2 Å². The van der Waals surface area contributed by atoms with Gasteiger partial charge in [-0.1, -0.05) is 73.7 Å². The van der Waals surface area contributed by atoms with Gasteiger partial charge in [0.05, 0.1) is 25.4 Å². The number of carbonyl (C=O) groups excluding carboxylic acids is 1. The summed E-state index contributed by atoms with van der Waals surface area (Å²) >= 11 is 0. The molecule has 2 saturated heterocycles. The highest BCUT2D eigenvalue weighted by atomic mass is 16.7. The fraction of sp³-hybridized carbons (Fsp3) is 0.441. The summed E-state index contributed by atoms with van der Waals surface area (Å²) in [6.07, 6.45) is 1.31. The lowest BCUT2D eigenvalue weighted by Gasteiger charge is -2.43. The van der Waals surface area contributed by atoms with E-state index in [0.717, 1.165) is 59.3 Å². The first kappa shape index (κ1) is 30.2. The molecule has 42 heavy (non-hydrogen) atoms. The zero-order chi connectivity index (χ0) is 29.5. The quantitative estimate of drug-likeness (QED) is 0.275. The van der Waals surface area contributed by atoms with E-state index in [1.807, 2.05) is 43.3 Å². The van der Waals surface area contributed by atoms with Crippen LogP contribution in [0.3, 0.4) is 0 Å². The van der Waals surface area contributed by atoms with Crippen molar-refractivity contribution in [2.45, 2.75) is 64.4 Å². The van der Waals surface area contributed by atoms with E-state index >= 15 is 0 Å². The molecule has 0 radical (unpaired) electrons. The zero-order valence-corrected chi connectivity index (χ0v) is 24.5. The van der Waals surface area contributed by atoms with Crippen LogP contribution in [-0.4, -0.2) is 59.5 Å². The molecular formula is C34H43N3O5. The van der Waals surface area contributed by atoms with Gasteiger partial charge in [0.25, 0.3) is 0 Å². The molecule has 2 heterocycles. The van der Waals surface area contributed by atoms with Crippen LogP contribution >= 0.6 is 0 Å². The van der Waals surface area contributed by atoms with Crippen LogP contribution in [0.5, 0.6) is 0 Å². The van der Waals surface area contributed by atoms with E-state index in [-0.39, 0.29) is 43.4 Å². The van der Waals surface area contributed by atoms with Crippen molar-refractivity contribution in [1.29, 1.82) is 0 Å². The van der Waals surface area contributed by atoms with Crippen molar-refractivity contribution in [2.24, 2.45) is 5.92 Å². The summed E-state index contributed by atoms with van der Waals surface area (Å²) in [4.78, 5) is 14.2. The molecule has 2 fully saturated rings. The Morgan fingerprint density at radius 2 is 1.69 bits per heavy atom. The highest BCUT2D eigenvalue weighted by Gasteiger charge is 2.40. The van der Waals surface area contributed by atoms with E-state index < -0.39 is 6.29 Å². The molecule has 3 aromatic carbocycles. The van der Waals surface area contributed by atoms with Crippen LogP contribution in [0.2, 0.25) is 0 Å². The van der Waals surface area contributed by atoms with Crippen molar-refractivity contribution in [2.75, 3.05) is 26.2 Å². The van der Waals surface area contributed by atoms with Gasteiger partial charge in [-0.25, -0.2) is 4.79 Å². The van der Waals surface area contributed by atoms with Gasteiger partial charge in [-0.15, -0.1) is 0 Å². The molecule has 0 aromatic heterocycles. The van der Waals surface area contributed by atoms with Crippen LogP contribution in [0.25, 0.3) is 11.1 Å². The molecule has 2 aliphatic heterocycles. The summed E-state index contributed by atoms with van der Waals surface area (Å²) in [5, 5.41) is 25.1. The third-order valence-electron chi connectivity index (χ3n) is 8.48. The number of ether oxygens (including phenoxy) is 2. The maximum atomic E-state index is 11.8. The maximum absolute atomic E-state index is 11.8. The molecule has 2 amide bonds. The second-order valence-electron chi connectivity index (χ2n) is 11.3. The van der Waals surface area contributed by atoms with Crippen molar-refractivity contribution < 1.29 is 24.5 Å². The number of amides is 2. The van der Waals surface area contributed by atoms with Crippen LogP contribution in [0, 0.1) is 5.92 Å². The highest BCUT2D eigenvalue weighted by Crippen LogP contribution is 2.42. The van der Waals surface area contributed by atoms with Crippen LogP contribution in [0.4, 0.5) is 4.79 Å². The number of aliphatic hydroxyl groups excluding tert-OH is 2. The smallest absolute Gasteiger partial charge is 0.315 e. The standard InChI is InChI=1S/C34H43N3O5/c1-3-35-34(40)36-19-25-6-4-7-29(18-25)26-13-15-28(16-14-26)33-41-31(20-37-17-5-8-30(37)22-39)23(2)32(42-33)27-11-9-24(21-38)10-12-27/h4,6-7,9-16,18,23,30-33,38-39H,3,5,8,17,19-22H2,1-2H3,(H2,35,36,40). The van der Waals surface area contributed by atoms with Crippen LogP contribution in [0.15, 0.2) is 72.8 Å². The predicted molar refractivity (Wildman–Crippen MR) is 162 cm³/mol. The third-order valence-corrected chi connectivity index (χ3v) is 8.48. The van der Waals surface area contributed by atoms with Gasteiger partial charge >= 0.3 is 6.03 Å². The number of hydrogen-bond donors (Lipinski definition) is 4. The number of aliphatic hydroxyl groups is 2. The molecule has 8 nitrogen and oxygen atoms in total. The molecule has 0 bridgehead atoms. The second-order valence-corrected chi connectivity index (χ2v) is 11.3. The fourth-order valence-corrected chi connectivity index (χ4v) is 6.00. The number of hydrogen-bond acceptors (Lipinski definition) is 6. The Labute approximate surface area is 248 Å². The lowest BCUT2D eigenvalue weighted by Crippen LogP contribution is -2.46. The molecule has 4 N–H and O–H groups in total. The molecule has 0 aliphatic carbocycles. The SMILES string of the molecule is CCNC(=O)NCc1cccc(-c2ccc(C3OC(CN4CCCC4CO)C(C)C(c4ccc(CO)cc4)O3)cc2)c1. The number of urea groups is 1. The summed E-state index contributed by atoms with van der Waals surface area (Å²) < 4.78 is 13.3. The first-order valence-corrected chi connectivity index (χ1v) is 15.1. The molecule has 5 rings (SSSR count). The number of nitrogens with one attached hydrogen (secondary N) is 2. The van der Waals surface area contributed by atoms with Gasteiger partial charge in [-0.05, 0) is 60.2 Å². The molecular weight excluding hydrogens is 530 g/mol. The maximum Gasteiger partial charge on any atom is 0.315 e. The van der Waals surface area contributed by atoms with Gasteiger partial charge in [-0.3, -0.25) is 4.90 Å². The molecule has 8 heteroatoms. The Morgan fingerprint density at radius 1 is 0.929 bits per heavy atom. The first-order chi connectivity index (χ1) is 20.5. The van der Waals surface area contributed by atoms with E-state index in [4.69, 9.17) is 9.47 Å². The molecule has 5 unspecified atom stereocenters. The number of likely N-dealkylation sites (tertiary alicyclic amines) is 1. The Hall–Kier alpha value is -3.27. The summed E-state index contributed by atoms with van der Waals surface area (Å²) in [5.41, 5.74) is 6.04. The lowest BCUT2D eigenvalue weighted by molar-refractivity contribution is -0.276. The van der Waals surface area contributed by atoms with Crippen LogP contribution < -0.4 is 10.6 Å². The minimum absolute atomic E-state index is 0.00713. The Balaban J connectivity index is 1.34. The van der Waals surface area contributed by atoms with E-state index in [0.29, 0.717) is 13.1 Å². The molecule has 3 aromatic rings. The number of benzene rings is 3. The average Bonchev–Trinajstić information content (AvgIpc) is 3.48. The topological polar surface area (TPSA) is 103 Å². The summed E-state index contributed by atoms with van der Waals surface area (Å²) in [7, 11) is 0. The second kappa shape index (κ2) is 14.3. The van der Waals surface area contributed by atoms with Gasteiger partial charge in [0.2, 0.25) is 0 Å². The molecule has 0 saturated carbocycles. The van der Waals surface area contributed by atoms with Crippen molar-refractivity contribution in [1.82, 2.24) is 15.5 Å². The number of rotatable bonds is 10. The van der Waals surface area contributed by atoms with Gasteiger partial charge in [-0.2, -0.15) is 0 Å². The van der Waals surface area contributed by atoms with E-state index in [2.05, 4.69) is 58.9 Å². The van der Waals surface area contributed by atoms with Crippen LogP contribution in [-0.2, 0) is 22.6 Å². The van der Waals surface area contributed by atoms with Crippen molar-refractivity contribution >= 4 is 6.03 Å². The van der Waals surface area contributed by atoms with Crippen molar-refractivity contribution in [3.63, 3.8) is 0 Å². The lowest BCUT2D eigenvalue weighted by atomic mass is 9.89. The molecule has 0 spiro atoms. The number of nitrogens with zero attached hydrogens (tertiary/aromatic N) is 1. The Morgan fingerprint density at radius 3 is 2.40 bits per heavy atom. The van der Waals surface area contributed by atoms with Crippen molar-refractivity contribution in [3.8, 4) is 11.1 Å². The van der Waals surface area contributed by atoms with E-state index in [1.54, 1.807) is 0 Å². The zero-order valence-electron chi connectivity index (χ0n) is 24.5. The van der Waals surface area contributed by atoms with Gasteiger partial charge in [0.15, 0.2) is 6.29 Å². The Kier molecular flexibility index (Phi) is 10.3. The largest absolute Gasteiger partial charge is 0.395 e.